The zero-order valence-electron chi connectivity index (χ0n) is 11.0. The zero-order valence-corrected chi connectivity index (χ0v) is 11.0. The van der Waals surface area contributed by atoms with Crippen LogP contribution in [0.5, 0.6) is 11.8 Å². The molecule has 6 heteroatoms. The molecule has 1 aromatic heterocycles. The molecular formula is C12H19N3O3. The highest BCUT2D eigenvalue weighted by Gasteiger charge is 2.30. The highest BCUT2D eigenvalue weighted by atomic mass is 16.5. The molecule has 100 valence electrons. The van der Waals surface area contributed by atoms with E-state index in [2.05, 4.69) is 15.3 Å². The van der Waals surface area contributed by atoms with Gasteiger partial charge in [0.15, 0.2) is 0 Å². The van der Waals surface area contributed by atoms with Crippen molar-refractivity contribution >= 4 is 0 Å². The lowest BCUT2D eigenvalue weighted by atomic mass is 10.0. The Morgan fingerprint density at radius 2 is 2.28 bits per heavy atom. The first-order valence-electron chi connectivity index (χ1n) is 6.04. The van der Waals surface area contributed by atoms with E-state index in [9.17, 15) is 0 Å². The summed E-state index contributed by atoms with van der Waals surface area (Å²) in [5, 5.41) is 3.22. The molecule has 1 aliphatic rings. The van der Waals surface area contributed by atoms with Crippen LogP contribution in [0.3, 0.4) is 0 Å². The molecule has 18 heavy (non-hydrogen) atoms. The average molecular weight is 253 g/mol. The van der Waals surface area contributed by atoms with Gasteiger partial charge in [0.2, 0.25) is 11.8 Å². The zero-order chi connectivity index (χ0) is 13.0. The van der Waals surface area contributed by atoms with Crippen LogP contribution in [0.2, 0.25) is 0 Å². The average Bonchev–Trinajstić information content (AvgIpc) is 2.94. The van der Waals surface area contributed by atoms with Gasteiger partial charge in [0, 0.05) is 6.61 Å². The molecule has 2 atom stereocenters. The van der Waals surface area contributed by atoms with Gasteiger partial charge in [-0.05, 0) is 19.9 Å². The number of hydrogen-bond donors (Lipinski definition) is 1. The van der Waals surface area contributed by atoms with Gasteiger partial charge in [-0.2, -0.15) is 4.98 Å². The topological polar surface area (TPSA) is 65.5 Å². The molecule has 0 spiro atoms. The summed E-state index contributed by atoms with van der Waals surface area (Å²) in [5.41, 5.74) is 0.757. The summed E-state index contributed by atoms with van der Waals surface area (Å²) in [4.78, 5) is 8.63. The SMILES string of the molecule is CNC(c1ncc(OC)nc1OC)C1CCCO1. The minimum absolute atomic E-state index is 0.0131. The molecule has 2 unspecified atom stereocenters. The highest BCUT2D eigenvalue weighted by molar-refractivity contribution is 5.26. The smallest absolute Gasteiger partial charge is 0.240 e. The quantitative estimate of drug-likeness (QED) is 0.842. The molecule has 2 rings (SSSR count). The lowest BCUT2D eigenvalue weighted by molar-refractivity contribution is 0.0782. The van der Waals surface area contributed by atoms with Gasteiger partial charge in [-0.25, -0.2) is 4.98 Å². The van der Waals surface area contributed by atoms with Crippen LogP contribution in [0, 0.1) is 0 Å². The predicted octanol–water partition coefficient (Wildman–Crippen LogP) is 0.933. The second-order valence-electron chi connectivity index (χ2n) is 4.12. The van der Waals surface area contributed by atoms with Crippen LogP contribution in [0.1, 0.15) is 24.6 Å². The van der Waals surface area contributed by atoms with Crippen molar-refractivity contribution in [2.24, 2.45) is 0 Å². The van der Waals surface area contributed by atoms with Crippen molar-refractivity contribution in [3.05, 3.63) is 11.9 Å². The molecule has 1 aliphatic heterocycles. The molecule has 1 N–H and O–H groups in total. The molecular weight excluding hydrogens is 234 g/mol. The number of methoxy groups -OCH3 is 2. The number of aromatic nitrogens is 2. The number of nitrogens with zero attached hydrogens (tertiary/aromatic N) is 2. The van der Waals surface area contributed by atoms with Crippen molar-refractivity contribution < 1.29 is 14.2 Å². The maximum absolute atomic E-state index is 5.70. The molecule has 1 saturated heterocycles. The standard InChI is InChI=1S/C12H19N3O3/c1-13-10(8-5-4-6-18-8)11-12(17-3)15-9(16-2)7-14-11/h7-8,10,13H,4-6H2,1-3H3. The maximum Gasteiger partial charge on any atom is 0.240 e. The summed E-state index contributed by atoms with van der Waals surface area (Å²) in [5.74, 6) is 0.919. The molecule has 6 nitrogen and oxygen atoms in total. The van der Waals surface area contributed by atoms with Crippen LogP contribution >= 0.6 is 0 Å². The fourth-order valence-corrected chi connectivity index (χ4v) is 2.19. The fourth-order valence-electron chi connectivity index (χ4n) is 2.19. The van der Waals surface area contributed by atoms with E-state index in [1.165, 1.54) is 0 Å². The second kappa shape index (κ2) is 5.97. The number of nitrogens with one attached hydrogen (secondary N) is 1. The van der Waals surface area contributed by atoms with E-state index in [4.69, 9.17) is 14.2 Å². The Kier molecular flexibility index (Phi) is 4.33. The maximum atomic E-state index is 5.70. The first kappa shape index (κ1) is 13.0. The first-order chi connectivity index (χ1) is 8.80. The minimum atomic E-state index is -0.0131. The van der Waals surface area contributed by atoms with Gasteiger partial charge in [0.1, 0.15) is 5.69 Å². The molecule has 0 aromatic carbocycles. The van der Waals surface area contributed by atoms with E-state index < -0.39 is 0 Å². The molecule has 0 amide bonds. The third kappa shape index (κ3) is 2.54. The molecule has 0 bridgehead atoms. The minimum Gasteiger partial charge on any atom is -0.480 e. The van der Waals surface area contributed by atoms with Crippen LogP contribution in [0.4, 0.5) is 0 Å². The lowest BCUT2D eigenvalue weighted by Crippen LogP contribution is -2.30. The Morgan fingerprint density at radius 1 is 1.44 bits per heavy atom. The van der Waals surface area contributed by atoms with E-state index >= 15 is 0 Å². The summed E-state index contributed by atoms with van der Waals surface area (Å²) < 4.78 is 16.0. The Labute approximate surface area is 107 Å². The highest BCUT2D eigenvalue weighted by Crippen LogP contribution is 2.30. The van der Waals surface area contributed by atoms with Crippen molar-refractivity contribution in [3.63, 3.8) is 0 Å². The van der Waals surface area contributed by atoms with Crippen molar-refractivity contribution in [2.75, 3.05) is 27.9 Å². The number of ether oxygens (including phenoxy) is 3. The molecule has 1 aromatic rings. The molecule has 0 aliphatic carbocycles. The normalized spacial score (nSPS) is 20.7. The van der Waals surface area contributed by atoms with Crippen LogP contribution in [0.25, 0.3) is 0 Å². The summed E-state index contributed by atoms with van der Waals surface area (Å²) >= 11 is 0. The van der Waals surface area contributed by atoms with Gasteiger partial charge in [0.05, 0.1) is 32.6 Å². The van der Waals surface area contributed by atoms with Gasteiger partial charge in [0.25, 0.3) is 0 Å². The second-order valence-corrected chi connectivity index (χ2v) is 4.12. The number of likely N-dealkylation sites (N-methyl/N-ethyl adjacent to an activating group) is 1. The van der Waals surface area contributed by atoms with Crippen molar-refractivity contribution in [3.8, 4) is 11.8 Å². The van der Waals surface area contributed by atoms with Gasteiger partial charge >= 0.3 is 0 Å². The van der Waals surface area contributed by atoms with Gasteiger partial charge in [-0.1, -0.05) is 0 Å². The van der Waals surface area contributed by atoms with Gasteiger partial charge in [-0.15, -0.1) is 0 Å². The molecule has 0 saturated carbocycles. The van der Waals surface area contributed by atoms with Gasteiger partial charge in [-0.3, -0.25) is 0 Å². The molecule has 1 fully saturated rings. The predicted molar refractivity (Wildman–Crippen MR) is 65.9 cm³/mol. The lowest BCUT2D eigenvalue weighted by Gasteiger charge is -2.23. The van der Waals surface area contributed by atoms with Crippen molar-refractivity contribution in [1.82, 2.24) is 15.3 Å². The summed E-state index contributed by atoms with van der Waals surface area (Å²) in [6.45, 7) is 0.800. The van der Waals surface area contributed by atoms with Crippen molar-refractivity contribution in [2.45, 2.75) is 25.0 Å². The summed E-state index contributed by atoms with van der Waals surface area (Å²) in [6, 6.07) is -0.0131. The van der Waals surface area contributed by atoms with Crippen molar-refractivity contribution in [1.29, 1.82) is 0 Å². The first-order valence-corrected chi connectivity index (χ1v) is 6.04. The monoisotopic (exact) mass is 253 g/mol. The Hall–Kier alpha value is -1.40. The third-order valence-electron chi connectivity index (χ3n) is 3.09. The number of rotatable bonds is 5. The molecule has 0 radical (unpaired) electrons. The third-order valence-corrected chi connectivity index (χ3v) is 3.09. The summed E-state index contributed by atoms with van der Waals surface area (Å²) in [7, 11) is 5.02. The Bertz CT molecular complexity index is 394. The van der Waals surface area contributed by atoms with E-state index in [0.717, 1.165) is 25.1 Å². The van der Waals surface area contributed by atoms with Crippen LogP contribution in [-0.4, -0.2) is 43.9 Å². The van der Waals surface area contributed by atoms with Crippen LogP contribution < -0.4 is 14.8 Å². The van der Waals surface area contributed by atoms with E-state index in [1.807, 2.05) is 7.05 Å². The fraction of sp³-hybridized carbons (Fsp3) is 0.667. The largest absolute Gasteiger partial charge is 0.480 e. The van der Waals surface area contributed by atoms with E-state index in [0.29, 0.717) is 11.8 Å². The van der Waals surface area contributed by atoms with Gasteiger partial charge < -0.3 is 19.5 Å². The Morgan fingerprint density at radius 3 is 2.83 bits per heavy atom. The van der Waals surface area contributed by atoms with E-state index in [-0.39, 0.29) is 12.1 Å². The number of hydrogen-bond acceptors (Lipinski definition) is 6. The Balaban J connectivity index is 2.28. The summed E-state index contributed by atoms with van der Waals surface area (Å²) in [6.07, 6.45) is 3.81. The van der Waals surface area contributed by atoms with Crippen LogP contribution in [-0.2, 0) is 4.74 Å². The van der Waals surface area contributed by atoms with E-state index in [1.54, 1.807) is 20.4 Å². The van der Waals surface area contributed by atoms with Crippen LogP contribution in [0.15, 0.2) is 6.20 Å². The molecule has 2 heterocycles.